The maximum absolute atomic E-state index is 11.3. The summed E-state index contributed by atoms with van der Waals surface area (Å²) in [6, 6.07) is 3.66. The van der Waals surface area contributed by atoms with E-state index >= 15 is 0 Å². The van der Waals surface area contributed by atoms with Gasteiger partial charge in [0.15, 0.2) is 0 Å². The number of amides is 2. The largest absolute Gasteiger partial charge is 0.359 e. The molecule has 0 spiro atoms. The molecule has 0 saturated carbocycles. The van der Waals surface area contributed by atoms with E-state index in [-0.39, 0.29) is 24.7 Å². The topological polar surface area (TPSA) is 71.1 Å². The fourth-order valence-corrected chi connectivity index (χ4v) is 1.14. The Bertz CT molecular complexity index is 352. The Kier molecular flexibility index (Phi) is 4.98. The molecular weight excluding hydrogens is 206 g/mol. The molecule has 1 aromatic rings. The number of carbonyl (C=O) groups excluding carboxylic acids is 2. The summed E-state index contributed by atoms with van der Waals surface area (Å²) in [5, 5.41) is 5.20. The lowest BCUT2D eigenvalue weighted by atomic mass is 10.2. The average molecular weight is 221 g/mol. The molecule has 0 unspecified atom stereocenters. The molecular formula is C11H15N3O2. The van der Waals surface area contributed by atoms with Crippen LogP contribution in [0, 0.1) is 0 Å². The summed E-state index contributed by atoms with van der Waals surface area (Å²) in [6.45, 7) is 0.467. The molecule has 0 fully saturated rings. The van der Waals surface area contributed by atoms with Gasteiger partial charge in [-0.2, -0.15) is 0 Å². The second-order valence-electron chi connectivity index (χ2n) is 3.31. The van der Waals surface area contributed by atoms with Crippen LogP contribution < -0.4 is 10.6 Å². The summed E-state index contributed by atoms with van der Waals surface area (Å²) in [5.74, 6) is -0.250. The number of hydrogen-bond acceptors (Lipinski definition) is 3. The first-order valence-corrected chi connectivity index (χ1v) is 5.08. The zero-order valence-electron chi connectivity index (χ0n) is 9.19. The zero-order valence-corrected chi connectivity index (χ0v) is 9.19. The molecule has 0 saturated heterocycles. The first-order chi connectivity index (χ1) is 7.72. The molecule has 0 aliphatic carbocycles. The number of rotatable bonds is 5. The van der Waals surface area contributed by atoms with Gasteiger partial charge in [-0.1, -0.05) is 0 Å². The maximum atomic E-state index is 11.3. The third-order valence-corrected chi connectivity index (χ3v) is 2.10. The van der Waals surface area contributed by atoms with E-state index in [0.717, 1.165) is 5.56 Å². The quantitative estimate of drug-likeness (QED) is 0.747. The van der Waals surface area contributed by atoms with Gasteiger partial charge in [0.25, 0.3) is 0 Å². The zero-order chi connectivity index (χ0) is 11.8. The molecule has 0 aliphatic heterocycles. The number of hydrogen-bond donors (Lipinski definition) is 2. The number of nitrogens with zero attached hydrogens (tertiary/aromatic N) is 1. The third kappa shape index (κ3) is 4.54. The van der Waals surface area contributed by atoms with Crippen molar-refractivity contribution in [2.24, 2.45) is 0 Å². The average Bonchev–Trinajstić information content (AvgIpc) is 2.34. The van der Waals surface area contributed by atoms with E-state index < -0.39 is 0 Å². The molecule has 0 radical (unpaired) electrons. The molecule has 0 bridgehead atoms. The lowest BCUT2D eigenvalue weighted by Crippen LogP contribution is -2.25. The van der Waals surface area contributed by atoms with Gasteiger partial charge in [0, 0.05) is 38.8 Å². The van der Waals surface area contributed by atoms with Gasteiger partial charge in [0.05, 0.1) is 0 Å². The van der Waals surface area contributed by atoms with Gasteiger partial charge in [-0.3, -0.25) is 14.6 Å². The predicted molar refractivity (Wildman–Crippen MR) is 59.4 cm³/mol. The summed E-state index contributed by atoms with van der Waals surface area (Å²) in [5.41, 5.74) is 0.989. The van der Waals surface area contributed by atoms with Gasteiger partial charge in [0.2, 0.25) is 11.8 Å². The van der Waals surface area contributed by atoms with E-state index in [1.165, 1.54) is 0 Å². The molecule has 2 N–H and O–H groups in total. The van der Waals surface area contributed by atoms with Gasteiger partial charge >= 0.3 is 0 Å². The Morgan fingerprint density at radius 2 is 1.81 bits per heavy atom. The Hall–Kier alpha value is -1.91. The van der Waals surface area contributed by atoms with Gasteiger partial charge < -0.3 is 10.6 Å². The van der Waals surface area contributed by atoms with Crippen LogP contribution in [0.15, 0.2) is 24.5 Å². The van der Waals surface area contributed by atoms with Crippen LogP contribution in [0.2, 0.25) is 0 Å². The Balaban J connectivity index is 2.23. The summed E-state index contributed by atoms with van der Waals surface area (Å²) in [6.07, 6.45) is 3.78. The monoisotopic (exact) mass is 221 g/mol. The van der Waals surface area contributed by atoms with E-state index in [2.05, 4.69) is 15.6 Å². The molecule has 0 aromatic carbocycles. The Morgan fingerprint density at radius 1 is 1.19 bits per heavy atom. The van der Waals surface area contributed by atoms with Crippen molar-refractivity contribution >= 4 is 11.8 Å². The number of pyridine rings is 1. The van der Waals surface area contributed by atoms with Crippen LogP contribution in [-0.4, -0.2) is 23.8 Å². The summed E-state index contributed by atoms with van der Waals surface area (Å²) >= 11 is 0. The lowest BCUT2D eigenvalue weighted by molar-refractivity contribution is -0.126. The highest BCUT2D eigenvalue weighted by Crippen LogP contribution is 1.96. The summed E-state index contributed by atoms with van der Waals surface area (Å²) in [7, 11) is 1.55. The van der Waals surface area contributed by atoms with Crippen molar-refractivity contribution in [3.8, 4) is 0 Å². The smallest absolute Gasteiger partial charge is 0.220 e. The molecule has 2 amide bonds. The second kappa shape index (κ2) is 6.55. The molecule has 1 rings (SSSR count). The van der Waals surface area contributed by atoms with Crippen LogP contribution in [0.3, 0.4) is 0 Å². The van der Waals surface area contributed by atoms with Crippen molar-refractivity contribution in [2.45, 2.75) is 19.4 Å². The van der Waals surface area contributed by atoms with E-state index in [4.69, 9.17) is 0 Å². The molecule has 5 heteroatoms. The van der Waals surface area contributed by atoms with Crippen LogP contribution in [0.25, 0.3) is 0 Å². The fourth-order valence-electron chi connectivity index (χ4n) is 1.14. The van der Waals surface area contributed by atoms with Gasteiger partial charge in [-0.15, -0.1) is 0 Å². The molecule has 16 heavy (non-hydrogen) atoms. The van der Waals surface area contributed by atoms with Crippen LogP contribution in [-0.2, 0) is 16.1 Å². The molecule has 0 aliphatic rings. The second-order valence-corrected chi connectivity index (χ2v) is 3.31. The van der Waals surface area contributed by atoms with Crippen molar-refractivity contribution in [1.82, 2.24) is 15.6 Å². The minimum Gasteiger partial charge on any atom is -0.359 e. The molecule has 86 valence electrons. The number of nitrogens with one attached hydrogen (secondary N) is 2. The maximum Gasteiger partial charge on any atom is 0.220 e. The number of carbonyl (C=O) groups is 2. The minimum absolute atomic E-state index is 0.125. The minimum atomic E-state index is -0.126. The standard InChI is InChI=1S/C11H15N3O2/c1-12-10(15)2-3-11(16)14-8-9-4-6-13-7-5-9/h4-7H,2-3,8H2,1H3,(H,12,15)(H,14,16). The highest BCUT2D eigenvalue weighted by Gasteiger charge is 2.04. The molecule has 1 heterocycles. The van der Waals surface area contributed by atoms with Gasteiger partial charge in [-0.25, -0.2) is 0 Å². The van der Waals surface area contributed by atoms with Crippen LogP contribution in [0.5, 0.6) is 0 Å². The predicted octanol–water partition coefficient (Wildman–Crippen LogP) is 0.224. The van der Waals surface area contributed by atoms with Crippen LogP contribution in [0.1, 0.15) is 18.4 Å². The van der Waals surface area contributed by atoms with Crippen molar-refractivity contribution < 1.29 is 9.59 Å². The van der Waals surface area contributed by atoms with Gasteiger partial charge in [0.1, 0.15) is 0 Å². The summed E-state index contributed by atoms with van der Waals surface area (Å²) in [4.78, 5) is 26.1. The number of aromatic nitrogens is 1. The van der Waals surface area contributed by atoms with Crippen molar-refractivity contribution in [1.29, 1.82) is 0 Å². The SMILES string of the molecule is CNC(=O)CCC(=O)NCc1ccncc1. The van der Waals surface area contributed by atoms with Crippen LogP contribution >= 0.6 is 0 Å². The van der Waals surface area contributed by atoms with Crippen molar-refractivity contribution in [3.63, 3.8) is 0 Å². The van der Waals surface area contributed by atoms with E-state index in [9.17, 15) is 9.59 Å². The molecule has 1 aromatic heterocycles. The first-order valence-electron chi connectivity index (χ1n) is 5.08. The summed E-state index contributed by atoms with van der Waals surface area (Å²) < 4.78 is 0. The third-order valence-electron chi connectivity index (χ3n) is 2.10. The van der Waals surface area contributed by atoms with Crippen molar-refractivity contribution in [2.75, 3.05) is 7.05 Å². The lowest BCUT2D eigenvalue weighted by Gasteiger charge is -2.04. The molecule has 0 atom stereocenters. The normalized spacial score (nSPS) is 9.56. The van der Waals surface area contributed by atoms with Crippen LogP contribution in [0.4, 0.5) is 0 Å². The van der Waals surface area contributed by atoms with Crippen molar-refractivity contribution in [3.05, 3.63) is 30.1 Å². The van der Waals surface area contributed by atoms with E-state index in [0.29, 0.717) is 6.54 Å². The first kappa shape index (κ1) is 12.2. The highest BCUT2D eigenvalue weighted by atomic mass is 16.2. The highest BCUT2D eigenvalue weighted by molar-refractivity contribution is 5.83. The Morgan fingerprint density at radius 3 is 2.44 bits per heavy atom. The molecule has 5 nitrogen and oxygen atoms in total. The van der Waals surface area contributed by atoms with E-state index in [1.54, 1.807) is 19.4 Å². The van der Waals surface area contributed by atoms with Gasteiger partial charge in [-0.05, 0) is 17.7 Å². The van der Waals surface area contributed by atoms with E-state index in [1.807, 2.05) is 12.1 Å². The fraction of sp³-hybridized carbons (Fsp3) is 0.364. The Labute approximate surface area is 94.3 Å².